The Labute approximate surface area is 174 Å². The van der Waals surface area contributed by atoms with Crippen LogP contribution in [-0.4, -0.2) is 44.0 Å². The van der Waals surface area contributed by atoms with E-state index in [0.717, 1.165) is 16.8 Å². The second-order valence-electron chi connectivity index (χ2n) is 6.77. The van der Waals surface area contributed by atoms with Crippen molar-refractivity contribution in [3.05, 3.63) is 77.5 Å². The molecular weight excluding hydrogens is 382 g/mol. The molecule has 1 heterocycles. The number of carboxylic acid groups (broad SMARTS) is 1. The van der Waals surface area contributed by atoms with Gasteiger partial charge in [0, 0.05) is 29.9 Å². The third kappa shape index (κ3) is 4.93. The first-order valence-corrected chi connectivity index (χ1v) is 9.27. The van der Waals surface area contributed by atoms with E-state index in [-0.39, 0.29) is 5.56 Å². The predicted molar refractivity (Wildman–Crippen MR) is 112 cm³/mol. The quantitative estimate of drug-likeness (QED) is 0.566. The summed E-state index contributed by atoms with van der Waals surface area (Å²) in [4.78, 5) is 23.3. The van der Waals surface area contributed by atoms with Crippen LogP contribution >= 0.6 is 0 Å². The molecule has 2 unspecified atom stereocenters. The molecule has 30 heavy (non-hydrogen) atoms. The van der Waals surface area contributed by atoms with Gasteiger partial charge in [-0.3, -0.25) is 9.48 Å². The highest BCUT2D eigenvalue weighted by Crippen LogP contribution is 2.18. The molecule has 0 saturated carbocycles. The lowest BCUT2D eigenvalue weighted by Gasteiger charge is -2.16. The topological polar surface area (TPSA) is 104 Å². The summed E-state index contributed by atoms with van der Waals surface area (Å²) in [6.45, 7) is 1.31. The number of hydrogen-bond donors (Lipinski definition) is 3. The van der Waals surface area contributed by atoms with Gasteiger partial charge in [0.2, 0.25) is 0 Å². The van der Waals surface area contributed by atoms with Crippen LogP contribution in [0.25, 0.3) is 11.3 Å². The number of carbonyl (C=O) groups is 2. The third-order valence-corrected chi connectivity index (χ3v) is 4.53. The molecule has 0 aliphatic heterocycles. The van der Waals surface area contributed by atoms with Gasteiger partial charge in [-0.2, -0.15) is 5.10 Å². The van der Waals surface area contributed by atoms with Crippen LogP contribution in [-0.2, 0) is 11.8 Å². The fourth-order valence-electron chi connectivity index (χ4n) is 2.84. The van der Waals surface area contributed by atoms with Gasteiger partial charge in [0.1, 0.15) is 0 Å². The van der Waals surface area contributed by atoms with E-state index >= 15 is 0 Å². The van der Waals surface area contributed by atoms with Crippen LogP contribution in [0, 0.1) is 11.8 Å². The number of aliphatic hydroxyl groups is 1. The van der Waals surface area contributed by atoms with Crippen LogP contribution in [0.4, 0.5) is 0 Å². The van der Waals surface area contributed by atoms with Gasteiger partial charge in [0.15, 0.2) is 6.04 Å². The predicted octanol–water partition coefficient (Wildman–Crippen LogP) is 2.05. The smallest absolute Gasteiger partial charge is 0.328 e. The van der Waals surface area contributed by atoms with E-state index < -0.39 is 24.0 Å². The Kier molecular flexibility index (Phi) is 6.30. The first kappa shape index (κ1) is 20.8. The Hall–Kier alpha value is -3.89. The Morgan fingerprint density at radius 2 is 1.57 bits per heavy atom. The Morgan fingerprint density at radius 1 is 1.00 bits per heavy atom. The zero-order chi connectivity index (χ0) is 21.7. The van der Waals surface area contributed by atoms with E-state index in [1.54, 1.807) is 35.1 Å². The number of aliphatic carboxylic acids is 1. The van der Waals surface area contributed by atoms with Crippen LogP contribution in [0.5, 0.6) is 0 Å². The standard InChI is InChI=1S/C23H21N3O4/c1-15(27)21(23(29)30)25-22(28)19-11-7-17(8-12-19)4-3-16-5-9-18(10-6-16)20-13-14-24-26(20)2/h5-15,21,27H,1-2H3,(H,25,28)(H,29,30). The van der Waals surface area contributed by atoms with E-state index in [2.05, 4.69) is 22.3 Å². The molecule has 0 fully saturated rings. The van der Waals surface area contributed by atoms with E-state index in [1.165, 1.54) is 6.92 Å². The minimum atomic E-state index is -1.37. The minimum absolute atomic E-state index is 0.285. The van der Waals surface area contributed by atoms with Crippen LogP contribution < -0.4 is 5.32 Å². The average molecular weight is 403 g/mol. The molecule has 3 N–H and O–H groups in total. The van der Waals surface area contributed by atoms with Crippen molar-refractivity contribution in [3.63, 3.8) is 0 Å². The van der Waals surface area contributed by atoms with Crippen LogP contribution in [0.15, 0.2) is 60.8 Å². The van der Waals surface area contributed by atoms with Crippen molar-refractivity contribution in [2.45, 2.75) is 19.1 Å². The molecule has 2 atom stereocenters. The fraction of sp³-hybridized carbons (Fsp3) is 0.174. The fourth-order valence-corrected chi connectivity index (χ4v) is 2.84. The van der Waals surface area contributed by atoms with Crippen LogP contribution in [0.3, 0.4) is 0 Å². The van der Waals surface area contributed by atoms with Crippen LogP contribution in [0.2, 0.25) is 0 Å². The Balaban J connectivity index is 1.68. The highest BCUT2D eigenvalue weighted by atomic mass is 16.4. The molecule has 7 heteroatoms. The van der Waals surface area contributed by atoms with Crippen LogP contribution in [0.1, 0.15) is 28.4 Å². The summed E-state index contributed by atoms with van der Waals surface area (Å²) >= 11 is 0. The summed E-state index contributed by atoms with van der Waals surface area (Å²) in [6.07, 6.45) is 0.542. The molecule has 0 aliphatic rings. The number of benzene rings is 2. The van der Waals surface area contributed by atoms with Gasteiger partial charge < -0.3 is 15.5 Å². The molecule has 3 rings (SSSR count). The SMILES string of the molecule is CC(O)C(NC(=O)c1ccc(C#Cc2ccc(-c3ccnn3C)cc2)cc1)C(=O)O. The number of aliphatic hydroxyl groups excluding tert-OH is 1. The molecule has 0 saturated heterocycles. The maximum atomic E-state index is 12.2. The maximum Gasteiger partial charge on any atom is 0.328 e. The second-order valence-corrected chi connectivity index (χ2v) is 6.77. The lowest BCUT2D eigenvalue weighted by molar-refractivity contribution is -0.141. The molecule has 0 aliphatic carbocycles. The van der Waals surface area contributed by atoms with Crippen molar-refractivity contribution in [2.24, 2.45) is 7.05 Å². The van der Waals surface area contributed by atoms with Crippen molar-refractivity contribution in [3.8, 4) is 23.1 Å². The molecule has 1 aromatic heterocycles. The normalized spacial score (nSPS) is 12.4. The first-order chi connectivity index (χ1) is 14.3. The van der Waals surface area contributed by atoms with Gasteiger partial charge in [-0.15, -0.1) is 0 Å². The van der Waals surface area contributed by atoms with Gasteiger partial charge in [0.25, 0.3) is 5.91 Å². The summed E-state index contributed by atoms with van der Waals surface area (Å²) in [7, 11) is 1.89. The number of aryl methyl sites for hydroxylation is 1. The lowest BCUT2D eigenvalue weighted by Crippen LogP contribution is -2.47. The van der Waals surface area contributed by atoms with E-state index in [1.807, 2.05) is 37.4 Å². The highest BCUT2D eigenvalue weighted by Gasteiger charge is 2.25. The number of aromatic nitrogens is 2. The van der Waals surface area contributed by atoms with Gasteiger partial charge in [-0.1, -0.05) is 24.0 Å². The highest BCUT2D eigenvalue weighted by molar-refractivity contribution is 5.96. The molecule has 1 amide bonds. The Morgan fingerprint density at radius 3 is 2.03 bits per heavy atom. The maximum absolute atomic E-state index is 12.2. The van der Waals surface area contributed by atoms with Crippen molar-refractivity contribution in [2.75, 3.05) is 0 Å². The zero-order valence-corrected chi connectivity index (χ0v) is 16.5. The number of nitrogens with zero attached hydrogens (tertiary/aromatic N) is 2. The summed E-state index contributed by atoms with van der Waals surface area (Å²) in [5, 5.41) is 25.0. The summed E-state index contributed by atoms with van der Waals surface area (Å²) in [5.74, 6) is 4.24. The monoisotopic (exact) mass is 403 g/mol. The number of rotatable bonds is 5. The lowest BCUT2D eigenvalue weighted by atomic mass is 10.1. The Bertz CT molecular complexity index is 1100. The summed E-state index contributed by atoms with van der Waals surface area (Å²) < 4.78 is 1.80. The van der Waals surface area contributed by atoms with E-state index in [0.29, 0.717) is 5.56 Å². The van der Waals surface area contributed by atoms with Crippen molar-refractivity contribution in [1.82, 2.24) is 15.1 Å². The van der Waals surface area contributed by atoms with Gasteiger partial charge in [0.05, 0.1) is 11.8 Å². The van der Waals surface area contributed by atoms with Crippen molar-refractivity contribution in [1.29, 1.82) is 0 Å². The minimum Gasteiger partial charge on any atom is -0.480 e. The molecule has 7 nitrogen and oxygen atoms in total. The molecule has 3 aromatic rings. The number of nitrogens with one attached hydrogen (secondary N) is 1. The third-order valence-electron chi connectivity index (χ3n) is 4.53. The van der Waals surface area contributed by atoms with Gasteiger partial charge >= 0.3 is 5.97 Å². The molecule has 0 bridgehead atoms. The van der Waals surface area contributed by atoms with Gasteiger partial charge in [-0.25, -0.2) is 4.79 Å². The van der Waals surface area contributed by atoms with Crippen molar-refractivity contribution < 1.29 is 19.8 Å². The van der Waals surface area contributed by atoms with Crippen molar-refractivity contribution >= 4 is 11.9 Å². The van der Waals surface area contributed by atoms with E-state index in [4.69, 9.17) is 5.11 Å². The van der Waals surface area contributed by atoms with Gasteiger partial charge in [-0.05, 0) is 55.0 Å². The molecule has 2 aromatic carbocycles. The number of hydrogen-bond acceptors (Lipinski definition) is 4. The molecule has 0 spiro atoms. The summed E-state index contributed by atoms with van der Waals surface area (Å²) in [5.41, 5.74) is 3.92. The zero-order valence-electron chi connectivity index (χ0n) is 16.5. The number of carboxylic acids is 1. The second kappa shape index (κ2) is 9.07. The molecule has 152 valence electrons. The largest absolute Gasteiger partial charge is 0.480 e. The number of amides is 1. The number of carbonyl (C=O) groups excluding carboxylic acids is 1. The first-order valence-electron chi connectivity index (χ1n) is 9.27. The molecular formula is C23H21N3O4. The molecule has 0 radical (unpaired) electrons. The average Bonchev–Trinajstić information content (AvgIpc) is 3.16. The summed E-state index contributed by atoms with van der Waals surface area (Å²) in [6, 6.07) is 14.9. The van der Waals surface area contributed by atoms with E-state index in [9.17, 15) is 14.7 Å².